The second-order valence-electron chi connectivity index (χ2n) is 8.88. The van der Waals surface area contributed by atoms with Crippen molar-refractivity contribution in [3.63, 3.8) is 0 Å². The third-order valence-electron chi connectivity index (χ3n) is 6.19. The minimum atomic E-state index is -1.33. The predicted octanol–water partition coefficient (Wildman–Crippen LogP) is 0.135. The Morgan fingerprint density at radius 3 is 2.31 bits per heavy atom. The van der Waals surface area contributed by atoms with Gasteiger partial charge in [0.1, 0.15) is 18.8 Å². The number of aromatic amines is 1. The van der Waals surface area contributed by atoms with Gasteiger partial charge in [-0.3, -0.25) is 48.5 Å². The average molecular weight is 538 g/mol. The summed E-state index contributed by atoms with van der Waals surface area (Å²) in [5.41, 5.74) is -0.522. The lowest BCUT2D eigenvalue weighted by Crippen LogP contribution is -2.52. The van der Waals surface area contributed by atoms with Gasteiger partial charge in [-0.1, -0.05) is 12.1 Å². The Balaban J connectivity index is 1.63. The molecule has 0 aliphatic carbocycles. The summed E-state index contributed by atoms with van der Waals surface area (Å²) in [6, 6.07) is 4.96. The molecule has 5 rings (SSSR count). The van der Waals surface area contributed by atoms with E-state index in [1.165, 1.54) is 36.9 Å². The van der Waals surface area contributed by atoms with Crippen LogP contribution < -0.4 is 10.9 Å². The van der Waals surface area contributed by atoms with Crippen molar-refractivity contribution in [2.24, 2.45) is 0 Å². The Kier molecular flexibility index (Phi) is 6.43. The summed E-state index contributed by atoms with van der Waals surface area (Å²) in [6.45, 7) is 3.15. The molecular weight excluding hydrogens is 516 g/mol. The zero-order chi connectivity index (χ0) is 28.0. The van der Waals surface area contributed by atoms with Crippen molar-refractivity contribution in [1.29, 1.82) is 0 Å². The summed E-state index contributed by atoms with van der Waals surface area (Å²) in [7, 11) is 0. The van der Waals surface area contributed by atoms with Crippen LogP contribution in [0.4, 0.5) is 5.95 Å². The number of aromatic nitrogens is 4. The van der Waals surface area contributed by atoms with Gasteiger partial charge in [0.25, 0.3) is 17.4 Å². The molecule has 1 fully saturated rings. The second kappa shape index (κ2) is 9.75. The molecule has 3 aromatic rings. The van der Waals surface area contributed by atoms with Gasteiger partial charge in [-0.25, -0.2) is 4.98 Å². The number of anilines is 1. The number of carbonyl (C=O) groups is 5. The van der Waals surface area contributed by atoms with Crippen LogP contribution in [0, 0.1) is 0 Å². The molecule has 4 atom stereocenters. The van der Waals surface area contributed by atoms with Gasteiger partial charge in [-0.15, -0.1) is 0 Å². The number of rotatable bonds is 6. The molecule has 4 heterocycles. The molecule has 15 heteroatoms. The van der Waals surface area contributed by atoms with Crippen LogP contribution in [-0.4, -0.2) is 78.9 Å². The Morgan fingerprint density at radius 2 is 1.72 bits per heavy atom. The van der Waals surface area contributed by atoms with Crippen LogP contribution >= 0.6 is 0 Å². The maximum Gasteiger partial charge on any atom is 0.303 e. The summed E-state index contributed by atoms with van der Waals surface area (Å²) in [5.74, 6) is -3.35. The second-order valence-corrected chi connectivity index (χ2v) is 8.88. The Bertz CT molecular complexity index is 1560. The van der Waals surface area contributed by atoms with Crippen LogP contribution in [0.5, 0.6) is 0 Å². The third kappa shape index (κ3) is 4.52. The first-order valence-corrected chi connectivity index (χ1v) is 11.7. The standard InChI is InChI=1S/C24H22N6O9/c1-10(31)26-24-27-19-16(20(34)28-24)25-9-29(19)23-18(38-12(3)33)17(15(39-23)8-37-11(2)32)30-21(35)13-6-4-5-7-14(13)22(30)36/h4-7,9,15,17-18,23H,8H2,1-3H3,(H2,26,27,28,31,34)/t15-,17-,18-,23-/m1/s1. The van der Waals surface area contributed by atoms with Gasteiger partial charge in [-0.2, -0.15) is 4.98 Å². The minimum absolute atomic E-state index is 0.0427. The number of imide groups is 1. The van der Waals surface area contributed by atoms with Gasteiger partial charge in [0, 0.05) is 20.8 Å². The maximum absolute atomic E-state index is 13.4. The van der Waals surface area contributed by atoms with Gasteiger partial charge >= 0.3 is 11.9 Å². The zero-order valence-corrected chi connectivity index (χ0v) is 20.9. The van der Waals surface area contributed by atoms with E-state index >= 15 is 0 Å². The van der Waals surface area contributed by atoms with Crippen molar-refractivity contribution in [3.05, 3.63) is 52.1 Å². The molecule has 0 bridgehead atoms. The summed E-state index contributed by atoms with van der Waals surface area (Å²) in [5, 5.41) is 2.38. The lowest BCUT2D eigenvalue weighted by Gasteiger charge is -2.30. The summed E-state index contributed by atoms with van der Waals surface area (Å²) in [4.78, 5) is 86.4. The molecule has 15 nitrogen and oxygen atoms in total. The normalized spacial score (nSPS) is 22.2. The first kappa shape index (κ1) is 25.7. The smallest absolute Gasteiger partial charge is 0.303 e. The highest BCUT2D eigenvalue weighted by atomic mass is 16.6. The van der Waals surface area contributed by atoms with E-state index in [4.69, 9.17) is 14.2 Å². The number of amides is 3. The van der Waals surface area contributed by atoms with Crippen molar-refractivity contribution in [1.82, 2.24) is 24.4 Å². The molecule has 202 valence electrons. The van der Waals surface area contributed by atoms with Crippen LogP contribution in [0.1, 0.15) is 47.7 Å². The number of hydrogen-bond acceptors (Lipinski definition) is 11. The van der Waals surface area contributed by atoms with E-state index in [-0.39, 0.29) is 34.8 Å². The van der Waals surface area contributed by atoms with Gasteiger partial charge in [-0.05, 0) is 12.1 Å². The first-order valence-electron chi connectivity index (χ1n) is 11.7. The average Bonchev–Trinajstić information content (AvgIpc) is 3.50. The van der Waals surface area contributed by atoms with Crippen LogP contribution in [0.15, 0.2) is 35.4 Å². The predicted molar refractivity (Wildman–Crippen MR) is 129 cm³/mol. The number of ether oxygens (including phenoxy) is 3. The van der Waals surface area contributed by atoms with Crippen molar-refractivity contribution in [3.8, 4) is 0 Å². The van der Waals surface area contributed by atoms with E-state index in [0.29, 0.717) is 0 Å². The SMILES string of the molecule is CC(=O)Nc1nc2c(ncn2[C@@H]2O[C@H](COC(C)=O)[C@@H](N3C(=O)c4ccccc4C3=O)[C@H]2OC(C)=O)c(=O)[nH]1. The van der Waals surface area contributed by atoms with Crippen LogP contribution in [-0.2, 0) is 28.6 Å². The monoisotopic (exact) mass is 538 g/mol. The van der Waals surface area contributed by atoms with Crippen LogP contribution in [0.2, 0.25) is 0 Å². The molecule has 1 saturated heterocycles. The molecule has 1 aromatic carbocycles. The quantitative estimate of drug-likeness (QED) is 0.320. The first-order chi connectivity index (χ1) is 18.6. The molecule has 2 N–H and O–H groups in total. The number of fused-ring (bicyclic) bond motifs is 2. The topological polar surface area (TPSA) is 192 Å². The molecule has 2 aromatic heterocycles. The van der Waals surface area contributed by atoms with Crippen molar-refractivity contribution >= 4 is 46.8 Å². The number of nitrogens with zero attached hydrogens (tertiary/aromatic N) is 4. The van der Waals surface area contributed by atoms with Gasteiger partial charge in [0.2, 0.25) is 11.9 Å². The molecule has 2 aliphatic heterocycles. The van der Waals surface area contributed by atoms with Crippen molar-refractivity contribution in [2.75, 3.05) is 11.9 Å². The summed E-state index contributed by atoms with van der Waals surface area (Å²) < 4.78 is 18.2. The fraction of sp³-hybridized carbons (Fsp3) is 0.333. The van der Waals surface area contributed by atoms with Crippen molar-refractivity contribution < 1.29 is 38.2 Å². The van der Waals surface area contributed by atoms with Gasteiger partial charge < -0.3 is 14.2 Å². The number of imidazole rings is 1. The lowest BCUT2D eigenvalue weighted by molar-refractivity contribution is -0.153. The molecule has 39 heavy (non-hydrogen) atoms. The highest BCUT2D eigenvalue weighted by Gasteiger charge is 2.56. The highest BCUT2D eigenvalue weighted by Crippen LogP contribution is 2.39. The van der Waals surface area contributed by atoms with Gasteiger partial charge in [0.05, 0.1) is 17.5 Å². The Morgan fingerprint density at radius 1 is 1.05 bits per heavy atom. The number of carbonyl (C=O) groups excluding carboxylic acids is 5. The molecule has 0 radical (unpaired) electrons. The van der Waals surface area contributed by atoms with E-state index in [1.807, 2.05) is 0 Å². The summed E-state index contributed by atoms with van der Waals surface area (Å²) in [6.07, 6.45) is -2.53. The van der Waals surface area contributed by atoms with Gasteiger partial charge in [0.15, 0.2) is 23.5 Å². The van der Waals surface area contributed by atoms with Crippen LogP contribution in [0.3, 0.4) is 0 Å². The van der Waals surface area contributed by atoms with E-state index in [2.05, 4.69) is 20.3 Å². The molecule has 3 amide bonds. The highest BCUT2D eigenvalue weighted by molar-refractivity contribution is 6.21. The van der Waals surface area contributed by atoms with E-state index in [9.17, 15) is 28.8 Å². The lowest BCUT2D eigenvalue weighted by atomic mass is 10.0. The Hall–Kier alpha value is -4.92. The largest absolute Gasteiger partial charge is 0.463 e. The zero-order valence-electron chi connectivity index (χ0n) is 20.9. The fourth-order valence-corrected chi connectivity index (χ4v) is 4.73. The van der Waals surface area contributed by atoms with E-state index in [0.717, 1.165) is 11.8 Å². The number of H-pyrrole nitrogens is 1. The number of benzene rings is 1. The minimum Gasteiger partial charge on any atom is -0.463 e. The fourth-order valence-electron chi connectivity index (χ4n) is 4.73. The van der Waals surface area contributed by atoms with Crippen LogP contribution in [0.25, 0.3) is 11.2 Å². The number of esters is 2. The molecule has 2 aliphatic rings. The molecule has 0 spiro atoms. The molecule has 0 unspecified atom stereocenters. The molecule has 0 saturated carbocycles. The van der Waals surface area contributed by atoms with Crippen molar-refractivity contribution in [2.45, 2.75) is 45.2 Å². The summed E-state index contributed by atoms with van der Waals surface area (Å²) >= 11 is 0. The number of hydrogen-bond donors (Lipinski definition) is 2. The number of nitrogens with one attached hydrogen (secondary N) is 2. The third-order valence-corrected chi connectivity index (χ3v) is 6.19. The van der Waals surface area contributed by atoms with E-state index < -0.39 is 59.7 Å². The Labute approximate surface area is 219 Å². The maximum atomic E-state index is 13.4. The van der Waals surface area contributed by atoms with E-state index in [1.54, 1.807) is 12.1 Å². The molecular formula is C24H22N6O9.